The molecule has 1 heterocycles. The van der Waals surface area contributed by atoms with Gasteiger partial charge in [-0.05, 0) is 20.8 Å². The lowest BCUT2D eigenvalue weighted by molar-refractivity contribution is -0.221. The second kappa shape index (κ2) is 3.73. The second-order valence-corrected chi connectivity index (χ2v) is 3.73. The molecule has 0 aromatic rings. The molecule has 1 aliphatic heterocycles. The monoisotopic (exact) mass is 174 g/mol. The Morgan fingerprint density at radius 3 is 2.67 bits per heavy atom. The van der Waals surface area contributed by atoms with Gasteiger partial charge in [-0.15, -0.1) is 0 Å². The van der Waals surface area contributed by atoms with Crippen LogP contribution in [-0.2, 0) is 14.2 Å². The zero-order chi connectivity index (χ0) is 9.19. The second-order valence-electron chi connectivity index (χ2n) is 3.73. The van der Waals surface area contributed by atoms with Crippen LogP contribution in [-0.4, -0.2) is 31.7 Å². The Morgan fingerprint density at radius 2 is 2.08 bits per heavy atom. The third-order valence-electron chi connectivity index (χ3n) is 2.03. The number of hydrogen-bond acceptors (Lipinski definition) is 3. The molecule has 0 spiro atoms. The fourth-order valence-corrected chi connectivity index (χ4v) is 1.46. The molecule has 1 saturated heterocycles. The molecule has 3 nitrogen and oxygen atoms in total. The SMILES string of the molecule is COC1COC(C)(C)OC(C)C1. The summed E-state index contributed by atoms with van der Waals surface area (Å²) in [4.78, 5) is 0. The van der Waals surface area contributed by atoms with E-state index < -0.39 is 5.79 Å². The molecule has 0 aromatic carbocycles. The van der Waals surface area contributed by atoms with Crippen LogP contribution in [0.2, 0.25) is 0 Å². The minimum absolute atomic E-state index is 0.168. The van der Waals surface area contributed by atoms with E-state index in [1.807, 2.05) is 20.8 Å². The predicted molar refractivity (Wildman–Crippen MR) is 46.0 cm³/mol. The van der Waals surface area contributed by atoms with Crippen LogP contribution in [0.25, 0.3) is 0 Å². The van der Waals surface area contributed by atoms with Crippen LogP contribution in [0.3, 0.4) is 0 Å². The molecule has 1 rings (SSSR count). The van der Waals surface area contributed by atoms with Gasteiger partial charge in [-0.2, -0.15) is 0 Å². The fourth-order valence-electron chi connectivity index (χ4n) is 1.46. The summed E-state index contributed by atoms with van der Waals surface area (Å²) in [5.74, 6) is -0.466. The number of ether oxygens (including phenoxy) is 3. The lowest BCUT2D eigenvalue weighted by atomic mass is 10.2. The summed E-state index contributed by atoms with van der Waals surface area (Å²) in [5.41, 5.74) is 0. The Hall–Kier alpha value is -0.120. The molecule has 0 saturated carbocycles. The summed E-state index contributed by atoms with van der Waals surface area (Å²) < 4.78 is 16.4. The molecule has 0 amide bonds. The minimum Gasteiger partial charge on any atom is -0.379 e. The van der Waals surface area contributed by atoms with Gasteiger partial charge in [-0.1, -0.05) is 0 Å². The van der Waals surface area contributed by atoms with Crippen molar-refractivity contribution < 1.29 is 14.2 Å². The van der Waals surface area contributed by atoms with Gasteiger partial charge in [0.05, 0.1) is 18.8 Å². The van der Waals surface area contributed by atoms with E-state index in [9.17, 15) is 0 Å². The molecule has 12 heavy (non-hydrogen) atoms. The van der Waals surface area contributed by atoms with Crippen molar-refractivity contribution in [3.8, 4) is 0 Å². The Bertz CT molecular complexity index is 145. The van der Waals surface area contributed by atoms with Crippen molar-refractivity contribution in [1.82, 2.24) is 0 Å². The molecule has 0 N–H and O–H groups in total. The van der Waals surface area contributed by atoms with Crippen molar-refractivity contribution in [2.45, 2.75) is 45.2 Å². The maximum atomic E-state index is 5.63. The average Bonchev–Trinajstić information content (AvgIpc) is 2.07. The van der Waals surface area contributed by atoms with Crippen LogP contribution in [0, 0.1) is 0 Å². The molecular formula is C9H18O3. The molecule has 0 radical (unpaired) electrons. The summed E-state index contributed by atoms with van der Waals surface area (Å²) in [6, 6.07) is 0. The summed E-state index contributed by atoms with van der Waals surface area (Å²) >= 11 is 0. The van der Waals surface area contributed by atoms with Crippen LogP contribution in [0.1, 0.15) is 27.2 Å². The zero-order valence-corrected chi connectivity index (χ0v) is 8.29. The topological polar surface area (TPSA) is 27.7 Å². The van der Waals surface area contributed by atoms with E-state index in [1.54, 1.807) is 7.11 Å². The highest BCUT2D eigenvalue weighted by Gasteiger charge is 2.29. The maximum Gasteiger partial charge on any atom is 0.163 e. The van der Waals surface area contributed by atoms with Gasteiger partial charge < -0.3 is 14.2 Å². The van der Waals surface area contributed by atoms with E-state index in [0.29, 0.717) is 6.61 Å². The van der Waals surface area contributed by atoms with Gasteiger partial charge in [0.1, 0.15) is 0 Å². The molecule has 72 valence electrons. The Kier molecular flexibility index (Phi) is 3.09. The Balaban J connectivity index is 2.53. The van der Waals surface area contributed by atoms with E-state index in [0.717, 1.165) is 6.42 Å². The predicted octanol–water partition coefficient (Wildman–Crippen LogP) is 1.56. The first-order chi connectivity index (χ1) is 5.53. The number of methoxy groups -OCH3 is 1. The van der Waals surface area contributed by atoms with Gasteiger partial charge in [0, 0.05) is 13.5 Å². The summed E-state index contributed by atoms with van der Waals surface area (Å²) in [6.07, 6.45) is 1.27. The fraction of sp³-hybridized carbons (Fsp3) is 1.00. The largest absolute Gasteiger partial charge is 0.379 e. The zero-order valence-electron chi connectivity index (χ0n) is 8.29. The van der Waals surface area contributed by atoms with Crippen LogP contribution in [0.4, 0.5) is 0 Å². The van der Waals surface area contributed by atoms with Gasteiger partial charge in [0.15, 0.2) is 5.79 Å². The van der Waals surface area contributed by atoms with Gasteiger partial charge in [0.25, 0.3) is 0 Å². The Labute approximate surface area is 74.0 Å². The van der Waals surface area contributed by atoms with Crippen molar-refractivity contribution in [3.63, 3.8) is 0 Å². The lowest BCUT2D eigenvalue weighted by Gasteiger charge is -2.25. The number of rotatable bonds is 1. The van der Waals surface area contributed by atoms with Gasteiger partial charge in [-0.25, -0.2) is 0 Å². The summed E-state index contributed by atoms with van der Waals surface area (Å²) in [7, 11) is 1.71. The van der Waals surface area contributed by atoms with Crippen LogP contribution < -0.4 is 0 Å². The third-order valence-corrected chi connectivity index (χ3v) is 2.03. The van der Waals surface area contributed by atoms with E-state index in [-0.39, 0.29) is 12.2 Å². The first-order valence-corrected chi connectivity index (χ1v) is 4.38. The highest BCUT2D eigenvalue weighted by molar-refractivity contribution is 4.70. The summed E-state index contributed by atoms with van der Waals surface area (Å²) in [5, 5.41) is 0. The molecule has 0 aromatic heterocycles. The maximum absolute atomic E-state index is 5.63. The molecule has 0 aliphatic carbocycles. The van der Waals surface area contributed by atoms with Crippen LogP contribution in [0.15, 0.2) is 0 Å². The first kappa shape index (κ1) is 9.96. The lowest BCUT2D eigenvalue weighted by Crippen LogP contribution is -2.30. The summed E-state index contributed by atoms with van der Waals surface area (Å²) in [6.45, 7) is 6.53. The Morgan fingerprint density at radius 1 is 1.42 bits per heavy atom. The average molecular weight is 174 g/mol. The van der Waals surface area contributed by atoms with Crippen LogP contribution >= 0.6 is 0 Å². The number of hydrogen-bond donors (Lipinski definition) is 0. The first-order valence-electron chi connectivity index (χ1n) is 4.38. The molecule has 1 fully saturated rings. The molecular weight excluding hydrogens is 156 g/mol. The van der Waals surface area contributed by atoms with E-state index in [1.165, 1.54) is 0 Å². The molecule has 1 aliphatic rings. The standard InChI is InChI=1S/C9H18O3/c1-7-5-8(10-4)6-11-9(2,3)12-7/h7-8H,5-6H2,1-4H3. The smallest absolute Gasteiger partial charge is 0.163 e. The highest BCUT2D eigenvalue weighted by atomic mass is 16.7. The quantitative estimate of drug-likeness (QED) is 0.604. The van der Waals surface area contributed by atoms with Crippen molar-refractivity contribution in [3.05, 3.63) is 0 Å². The minimum atomic E-state index is -0.466. The molecule has 2 atom stereocenters. The van der Waals surface area contributed by atoms with Gasteiger partial charge in [-0.3, -0.25) is 0 Å². The van der Waals surface area contributed by atoms with Gasteiger partial charge in [0.2, 0.25) is 0 Å². The molecule has 0 bridgehead atoms. The molecule has 3 heteroatoms. The van der Waals surface area contributed by atoms with E-state index in [4.69, 9.17) is 14.2 Å². The van der Waals surface area contributed by atoms with Crippen LogP contribution in [0.5, 0.6) is 0 Å². The van der Waals surface area contributed by atoms with Crippen molar-refractivity contribution >= 4 is 0 Å². The van der Waals surface area contributed by atoms with E-state index >= 15 is 0 Å². The molecule has 2 unspecified atom stereocenters. The van der Waals surface area contributed by atoms with Gasteiger partial charge >= 0.3 is 0 Å². The van der Waals surface area contributed by atoms with E-state index in [2.05, 4.69) is 0 Å². The normalized spacial score (nSPS) is 36.0. The third kappa shape index (κ3) is 2.73. The van der Waals surface area contributed by atoms with Crippen molar-refractivity contribution in [2.75, 3.05) is 13.7 Å². The highest BCUT2D eigenvalue weighted by Crippen LogP contribution is 2.22. The van der Waals surface area contributed by atoms with Crippen molar-refractivity contribution in [2.24, 2.45) is 0 Å². The van der Waals surface area contributed by atoms with Crippen molar-refractivity contribution in [1.29, 1.82) is 0 Å².